The van der Waals surface area contributed by atoms with E-state index in [9.17, 15) is 4.79 Å². The molecule has 0 atom stereocenters. The average Bonchev–Trinajstić information content (AvgIpc) is 3.03. The molecule has 102 valence electrons. The highest BCUT2D eigenvalue weighted by Gasteiger charge is 2.14. The fraction of sp³-hybridized carbons (Fsp3) is 0.417. The zero-order valence-corrected chi connectivity index (χ0v) is 10.9. The number of aromatic amines is 2. The van der Waals surface area contributed by atoms with Crippen molar-refractivity contribution in [3.63, 3.8) is 0 Å². The zero-order chi connectivity index (χ0) is 13.8. The molecule has 7 heteroatoms. The van der Waals surface area contributed by atoms with Crippen molar-refractivity contribution in [3.8, 4) is 11.3 Å². The molecule has 0 fully saturated rings. The SMILES string of the molecule is CC(C)CNC(=O)c1cc(-c2n[nH]nc2CO)c[nH]1. The molecule has 19 heavy (non-hydrogen) atoms. The van der Waals surface area contributed by atoms with E-state index in [4.69, 9.17) is 5.11 Å². The van der Waals surface area contributed by atoms with Gasteiger partial charge in [-0.1, -0.05) is 13.8 Å². The molecule has 0 radical (unpaired) electrons. The molecule has 2 aromatic rings. The fourth-order valence-electron chi connectivity index (χ4n) is 1.65. The summed E-state index contributed by atoms with van der Waals surface area (Å²) in [6.07, 6.45) is 1.67. The molecule has 0 aliphatic carbocycles. The van der Waals surface area contributed by atoms with Gasteiger partial charge in [0.2, 0.25) is 0 Å². The molecular weight excluding hydrogens is 246 g/mol. The molecule has 4 N–H and O–H groups in total. The van der Waals surface area contributed by atoms with Crippen LogP contribution in [0.15, 0.2) is 12.3 Å². The third kappa shape index (κ3) is 3.00. The van der Waals surface area contributed by atoms with Gasteiger partial charge in [0, 0.05) is 18.3 Å². The summed E-state index contributed by atoms with van der Waals surface area (Å²) in [5, 5.41) is 22.2. The lowest BCUT2D eigenvalue weighted by atomic mass is 10.2. The van der Waals surface area contributed by atoms with Crippen LogP contribution in [0.5, 0.6) is 0 Å². The van der Waals surface area contributed by atoms with Gasteiger partial charge in [-0.25, -0.2) is 0 Å². The Morgan fingerprint density at radius 1 is 1.47 bits per heavy atom. The van der Waals surface area contributed by atoms with Gasteiger partial charge < -0.3 is 15.4 Å². The molecule has 0 saturated heterocycles. The third-order valence-corrected chi connectivity index (χ3v) is 2.64. The molecule has 0 spiro atoms. The highest BCUT2D eigenvalue weighted by molar-refractivity contribution is 5.93. The molecule has 2 aromatic heterocycles. The number of aromatic nitrogens is 4. The van der Waals surface area contributed by atoms with Gasteiger partial charge in [0.15, 0.2) is 0 Å². The number of H-pyrrole nitrogens is 2. The number of hydrogen-bond donors (Lipinski definition) is 4. The van der Waals surface area contributed by atoms with Crippen LogP contribution in [0.25, 0.3) is 11.3 Å². The molecule has 1 amide bonds. The van der Waals surface area contributed by atoms with Crippen LogP contribution in [-0.4, -0.2) is 38.0 Å². The number of carbonyl (C=O) groups excluding carboxylic acids is 1. The molecule has 0 unspecified atom stereocenters. The minimum atomic E-state index is -0.202. The monoisotopic (exact) mass is 263 g/mol. The molecule has 2 rings (SSSR count). The summed E-state index contributed by atoms with van der Waals surface area (Å²) < 4.78 is 0. The van der Waals surface area contributed by atoms with Crippen molar-refractivity contribution >= 4 is 5.91 Å². The number of rotatable bonds is 5. The number of aliphatic hydroxyl groups excluding tert-OH is 1. The Morgan fingerprint density at radius 2 is 2.26 bits per heavy atom. The molecular formula is C12H17N5O2. The quantitative estimate of drug-likeness (QED) is 0.636. The lowest BCUT2D eigenvalue weighted by Gasteiger charge is -2.05. The second-order valence-corrected chi connectivity index (χ2v) is 4.68. The predicted molar refractivity (Wildman–Crippen MR) is 69.3 cm³/mol. The lowest BCUT2D eigenvalue weighted by molar-refractivity contribution is 0.0944. The first-order valence-corrected chi connectivity index (χ1v) is 6.09. The van der Waals surface area contributed by atoms with Gasteiger partial charge in [-0.05, 0) is 12.0 Å². The Labute approximate surface area is 110 Å². The Balaban J connectivity index is 2.13. The summed E-state index contributed by atoms with van der Waals surface area (Å²) in [4.78, 5) is 14.7. The molecule has 0 aliphatic heterocycles. The summed E-state index contributed by atoms with van der Waals surface area (Å²) >= 11 is 0. The van der Waals surface area contributed by atoms with Crippen LogP contribution in [-0.2, 0) is 6.61 Å². The van der Waals surface area contributed by atoms with Crippen LogP contribution < -0.4 is 5.32 Å². The topological polar surface area (TPSA) is 107 Å². The van der Waals surface area contributed by atoms with Gasteiger partial charge in [-0.15, -0.1) is 0 Å². The number of amides is 1. The molecule has 0 aliphatic rings. The number of aliphatic hydroxyl groups is 1. The largest absolute Gasteiger partial charge is 0.390 e. The third-order valence-electron chi connectivity index (χ3n) is 2.64. The first kappa shape index (κ1) is 13.3. The average molecular weight is 263 g/mol. The summed E-state index contributed by atoms with van der Waals surface area (Å²) in [5.41, 5.74) is 2.17. The second-order valence-electron chi connectivity index (χ2n) is 4.68. The Bertz CT molecular complexity index is 558. The lowest BCUT2D eigenvalue weighted by Crippen LogP contribution is -2.27. The van der Waals surface area contributed by atoms with Crippen molar-refractivity contribution in [2.45, 2.75) is 20.5 Å². The second kappa shape index (κ2) is 5.66. The van der Waals surface area contributed by atoms with E-state index in [1.54, 1.807) is 12.3 Å². The molecule has 0 aromatic carbocycles. The Morgan fingerprint density at radius 3 is 2.95 bits per heavy atom. The van der Waals surface area contributed by atoms with Crippen LogP contribution >= 0.6 is 0 Å². The summed E-state index contributed by atoms with van der Waals surface area (Å²) in [5.74, 6) is 0.240. The van der Waals surface area contributed by atoms with Crippen molar-refractivity contribution in [3.05, 3.63) is 23.7 Å². The highest BCUT2D eigenvalue weighted by Crippen LogP contribution is 2.20. The number of hydrogen-bond acceptors (Lipinski definition) is 4. The maximum atomic E-state index is 11.9. The van der Waals surface area contributed by atoms with E-state index in [0.29, 0.717) is 35.1 Å². The van der Waals surface area contributed by atoms with Crippen LogP contribution in [0, 0.1) is 5.92 Å². The van der Waals surface area contributed by atoms with E-state index >= 15 is 0 Å². The minimum absolute atomic E-state index is 0.158. The molecule has 0 bridgehead atoms. The normalized spacial score (nSPS) is 10.9. The van der Waals surface area contributed by atoms with Crippen molar-refractivity contribution in [2.75, 3.05) is 6.54 Å². The van der Waals surface area contributed by atoms with Gasteiger partial charge >= 0.3 is 0 Å². The Hall–Kier alpha value is -2.15. The number of nitrogens with one attached hydrogen (secondary N) is 3. The molecule has 2 heterocycles. The predicted octanol–water partition coefficient (Wildman–Crippen LogP) is 0.678. The van der Waals surface area contributed by atoms with Crippen LogP contribution in [0.3, 0.4) is 0 Å². The van der Waals surface area contributed by atoms with Gasteiger partial charge in [0.25, 0.3) is 5.91 Å². The van der Waals surface area contributed by atoms with E-state index in [0.717, 1.165) is 0 Å². The summed E-state index contributed by atoms with van der Waals surface area (Å²) in [6.45, 7) is 4.48. The maximum Gasteiger partial charge on any atom is 0.267 e. The Kier molecular flexibility index (Phi) is 3.96. The van der Waals surface area contributed by atoms with Crippen molar-refractivity contribution in [1.82, 2.24) is 25.7 Å². The number of nitrogens with zero attached hydrogens (tertiary/aromatic N) is 2. The van der Waals surface area contributed by atoms with Gasteiger partial charge in [0.05, 0.1) is 6.61 Å². The van der Waals surface area contributed by atoms with Gasteiger partial charge in [-0.2, -0.15) is 15.4 Å². The first-order valence-electron chi connectivity index (χ1n) is 6.09. The van der Waals surface area contributed by atoms with Crippen molar-refractivity contribution in [2.24, 2.45) is 5.92 Å². The van der Waals surface area contributed by atoms with Crippen LogP contribution in [0.1, 0.15) is 30.0 Å². The van der Waals surface area contributed by atoms with E-state index in [-0.39, 0.29) is 12.5 Å². The summed E-state index contributed by atoms with van der Waals surface area (Å²) in [6, 6.07) is 1.69. The standard InChI is InChI=1S/C12H17N5O2/c1-7(2)4-14-12(19)9-3-8(5-13-9)11-10(6-18)15-17-16-11/h3,5,7,13,18H,4,6H2,1-2H3,(H,14,19)(H,15,16,17). The zero-order valence-electron chi connectivity index (χ0n) is 10.9. The van der Waals surface area contributed by atoms with Crippen LogP contribution in [0.4, 0.5) is 0 Å². The highest BCUT2D eigenvalue weighted by atomic mass is 16.3. The van der Waals surface area contributed by atoms with Gasteiger partial charge in [0.1, 0.15) is 17.1 Å². The maximum absolute atomic E-state index is 11.9. The van der Waals surface area contributed by atoms with Gasteiger partial charge in [-0.3, -0.25) is 4.79 Å². The van der Waals surface area contributed by atoms with E-state index in [1.165, 1.54) is 0 Å². The van der Waals surface area contributed by atoms with E-state index in [2.05, 4.69) is 25.7 Å². The fourth-order valence-corrected chi connectivity index (χ4v) is 1.65. The van der Waals surface area contributed by atoms with Crippen molar-refractivity contribution < 1.29 is 9.90 Å². The van der Waals surface area contributed by atoms with Crippen molar-refractivity contribution in [1.29, 1.82) is 0 Å². The van der Waals surface area contributed by atoms with E-state index in [1.807, 2.05) is 13.8 Å². The first-order chi connectivity index (χ1) is 9.11. The molecule has 0 saturated carbocycles. The van der Waals surface area contributed by atoms with E-state index < -0.39 is 0 Å². The minimum Gasteiger partial charge on any atom is -0.390 e. The summed E-state index contributed by atoms with van der Waals surface area (Å²) in [7, 11) is 0. The van der Waals surface area contributed by atoms with Crippen LogP contribution in [0.2, 0.25) is 0 Å². The number of carbonyl (C=O) groups is 1. The smallest absolute Gasteiger partial charge is 0.267 e. The molecule has 7 nitrogen and oxygen atoms in total.